The lowest BCUT2D eigenvalue weighted by Gasteiger charge is -2.25. The summed E-state index contributed by atoms with van der Waals surface area (Å²) in [5, 5.41) is 6.68. The predicted molar refractivity (Wildman–Crippen MR) is 110 cm³/mol. The van der Waals surface area contributed by atoms with Gasteiger partial charge in [0.15, 0.2) is 5.96 Å². The first kappa shape index (κ1) is 19.4. The van der Waals surface area contributed by atoms with E-state index >= 15 is 0 Å². The van der Waals surface area contributed by atoms with Crippen molar-refractivity contribution >= 4 is 5.96 Å². The van der Waals surface area contributed by atoms with E-state index < -0.39 is 0 Å². The first-order valence-electron chi connectivity index (χ1n) is 9.90. The number of aromatic nitrogens is 1. The van der Waals surface area contributed by atoms with Crippen LogP contribution in [0.25, 0.3) is 0 Å². The van der Waals surface area contributed by atoms with Gasteiger partial charge in [0.2, 0.25) is 0 Å². The first-order valence-corrected chi connectivity index (χ1v) is 9.90. The van der Waals surface area contributed by atoms with Gasteiger partial charge in [0.25, 0.3) is 0 Å². The molecule has 1 aliphatic rings. The maximum absolute atomic E-state index is 6.16. The fraction of sp³-hybridized carbons (Fsp3) is 0.455. The van der Waals surface area contributed by atoms with Gasteiger partial charge in [0, 0.05) is 45.1 Å². The van der Waals surface area contributed by atoms with Crippen LogP contribution in [-0.4, -0.2) is 37.7 Å². The van der Waals surface area contributed by atoms with E-state index in [9.17, 15) is 0 Å². The maximum Gasteiger partial charge on any atom is 0.190 e. The van der Waals surface area contributed by atoms with Crippen LogP contribution in [0.4, 0.5) is 0 Å². The highest BCUT2D eigenvalue weighted by molar-refractivity contribution is 5.79. The molecule has 5 heteroatoms. The summed E-state index contributed by atoms with van der Waals surface area (Å²) in [6.45, 7) is 2.42. The Bertz CT molecular complexity index is 717. The van der Waals surface area contributed by atoms with Gasteiger partial charge in [0.05, 0.1) is 6.10 Å². The summed E-state index contributed by atoms with van der Waals surface area (Å²) >= 11 is 0. The van der Waals surface area contributed by atoms with Gasteiger partial charge in [-0.15, -0.1) is 0 Å². The molecule has 0 saturated heterocycles. The van der Waals surface area contributed by atoms with Gasteiger partial charge in [0.1, 0.15) is 0 Å². The van der Waals surface area contributed by atoms with E-state index in [1.807, 2.05) is 24.4 Å². The number of aryl methyl sites for hydroxylation is 1. The zero-order valence-corrected chi connectivity index (χ0v) is 16.2. The van der Waals surface area contributed by atoms with Gasteiger partial charge < -0.3 is 15.4 Å². The zero-order chi connectivity index (χ0) is 18.7. The summed E-state index contributed by atoms with van der Waals surface area (Å²) in [6.07, 6.45) is 7.44. The molecule has 2 N–H and O–H groups in total. The van der Waals surface area contributed by atoms with Gasteiger partial charge in [-0.3, -0.25) is 9.98 Å². The lowest BCUT2D eigenvalue weighted by molar-refractivity contribution is 0.0398. The Labute approximate surface area is 162 Å². The molecule has 1 heterocycles. The fourth-order valence-electron chi connectivity index (χ4n) is 3.46. The molecule has 1 atom stereocenters. The van der Waals surface area contributed by atoms with Crippen LogP contribution in [0.1, 0.15) is 42.2 Å². The quantitative estimate of drug-likeness (QED) is 0.428. The second kappa shape index (κ2) is 10.7. The summed E-state index contributed by atoms with van der Waals surface area (Å²) in [7, 11) is 1.80. The van der Waals surface area contributed by atoms with Gasteiger partial charge >= 0.3 is 0 Å². The third-order valence-corrected chi connectivity index (χ3v) is 4.87. The Morgan fingerprint density at radius 2 is 2.00 bits per heavy atom. The molecule has 27 heavy (non-hydrogen) atoms. The fourth-order valence-corrected chi connectivity index (χ4v) is 3.46. The van der Waals surface area contributed by atoms with Crippen molar-refractivity contribution in [2.75, 3.05) is 26.7 Å². The third kappa shape index (κ3) is 6.07. The second-order valence-corrected chi connectivity index (χ2v) is 6.80. The molecule has 0 amide bonds. The lowest BCUT2D eigenvalue weighted by Crippen LogP contribution is -2.39. The molecule has 1 aromatic carbocycles. The molecule has 1 aromatic heterocycles. The number of ether oxygens (including phenoxy) is 1. The minimum Gasteiger partial charge on any atom is -0.373 e. The number of pyridine rings is 1. The SMILES string of the molecule is CN=C(NCCCOC1CCCc2ccccc21)NCCc1ccccn1. The molecule has 0 radical (unpaired) electrons. The normalized spacial score (nSPS) is 16.6. The average Bonchev–Trinajstić information content (AvgIpc) is 2.73. The topological polar surface area (TPSA) is 58.5 Å². The Kier molecular flexibility index (Phi) is 7.66. The Morgan fingerprint density at radius 3 is 2.85 bits per heavy atom. The van der Waals surface area contributed by atoms with E-state index in [2.05, 4.69) is 44.9 Å². The van der Waals surface area contributed by atoms with Gasteiger partial charge in [-0.2, -0.15) is 0 Å². The van der Waals surface area contributed by atoms with Crippen LogP contribution in [0.5, 0.6) is 0 Å². The van der Waals surface area contributed by atoms with Crippen LogP contribution in [-0.2, 0) is 17.6 Å². The van der Waals surface area contributed by atoms with E-state index in [1.165, 1.54) is 24.0 Å². The molecular weight excluding hydrogens is 336 g/mol. The molecule has 5 nitrogen and oxygen atoms in total. The Morgan fingerprint density at radius 1 is 1.15 bits per heavy atom. The molecule has 1 aliphatic carbocycles. The van der Waals surface area contributed by atoms with Crippen LogP contribution in [0.15, 0.2) is 53.7 Å². The smallest absolute Gasteiger partial charge is 0.190 e. The predicted octanol–water partition coefficient (Wildman–Crippen LogP) is 3.27. The highest BCUT2D eigenvalue weighted by Gasteiger charge is 2.19. The number of fused-ring (bicyclic) bond motifs is 1. The number of rotatable bonds is 8. The molecule has 0 spiro atoms. The van der Waals surface area contributed by atoms with E-state index in [0.29, 0.717) is 0 Å². The number of nitrogens with one attached hydrogen (secondary N) is 2. The molecule has 0 aliphatic heterocycles. The molecule has 0 fully saturated rings. The van der Waals surface area contributed by atoms with Gasteiger partial charge in [-0.1, -0.05) is 30.3 Å². The minimum absolute atomic E-state index is 0.255. The first-order chi connectivity index (χ1) is 13.4. The monoisotopic (exact) mass is 366 g/mol. The van der Waals surface area contributed by atoms with Crippen molar-refractivity contribution < 1.29 is 4.74 Å². The molecule has 0 saturated carbocycles. The van der Waals surface area contributed by atoms with Crippen molar-refractivity contribution in [2.24, 2.45) is 4.99 Å². The number of aliphatic imine (C=N–C) groups is 1. The number of benzene rings is 1. The summed E-state index contributed by atoms with van der Waals surface area (Å²) in [5.74, 6) is 0.828. The molecule has 144 valence electrons. The Balaban J connectivity index is 1.31. The lowest BCUT2D eigenvalue weighted by atomic mass is 9.89. The zero-order valence-electron chi connectivity index (χ0n) is 16.2. The van der Waals surface area contributed by atoms with Crippen molar-refractivity contribution in [3.05, 3.63) is 65.5 Å². The van der Waals surface area contributed by atoms with E-state index in [0.717, 1.165) is 50.6 Å². The van der Waals surface area contributed by atoms with Crippen molar-refractivity contribution in [1.82, 2.24) is 15.6 Å². The van der Waals surface area contributed by atoms with Crippen molar-refractivity contribution in [2.45, 2.75) is 38.2 Å². The van der Waals surface area contributed by atoms with Crippen LogP contribution in [0.2, 0.25) is 0 Å². The molecular formula is C22H30N4O. The summed E-state index contributed by atoms with van der Waals surface area (Å²) in [5.41, 5.74) is 3.91. The molecule has 0 bridgehead atoms. The highest BCUT2D eigenvalue weighted by Crippen LogP contribution is 2.32. The summed E-state index contributed by atoms with van der Waals surface area (Å²) in [6, 6.07) is 14.7. The van der Waals surface area contributed by atoms with Crippen LogP contribution < -0.4 is 10.6 Å². The van der Waals surface area contributed by atoms with Crippen molar-refractivity contribution in [3.63, 3.8) is 0 Å². The second-order valence-electron chi connectivity index (χ2n) is 6.80. The van der Waals surface area contributed by atoms with E-state index in [-0.39, 0.29) is 6.10 Å². The van der Waals surface area contributed by atoms with Gasteiger partial charge in [-0.05, 0) is 48.9 Å². The number of hydrogen-bond acceptors (Lipinski definition) is 3. The number of hydrogen-bond donors (Lipinski definition) is 2. The van der Waals surface area contributed by atoms with E-state index in [1.54, 1.807) is 7.05 Å². The van der Waals surface area contributed by atoms with Gasteiger partial charge in [-0.25, -0.2) is 0 Å². The van der Waals surface area contributed by atoms with Crippen LogP contribution in [0, 0.1) is 0 Å². The number of guanidine groups is 1. The summed E-state index contributed by atoms with van der Waals surface area (Å²) in [4.78, 5) is 8.60. The maximum atomic E-state index is 6.16. The highest BCUT2D eigenvalue weighted by atomic mass is 16.5. The van der Waals surface area contributed by atoms with Crippen molar-refractivity contribution in [3.8, 4) is 0 Å². The largest absolute Gasteiger partial charge is 0.373 e. The standard InChI is InChI=1S/C22H30N4O/c1-23-22(26-16-13-19-10-4-5-14-24-19)25-15-7-17-27-21-12-6-9-18-8-2-3-11-20(18)21/h2-5,8,10-11,14,21H,6-7,9,12-13,15-17H2,1H3,(H2,23,25,26). The molecule has 3 rings (SSSR count). The molecule has 1 unspecified atom stereocenters. The third-order valence-electron chi connectivity index (χ3n) is 4.87. The molecule has 2 aromatic rings. The van der Waals surface area contributed by atoms with E-state index in [4.69, 9.17) is 4.74 Å². The van der Waals surface area contributed by atoms with Crippen LogP contribution in [0.3, 0.4) is 0 Å². The minimum atomic E-state index is 0.255. The average molecular weight is 367 g/mol. The number of nitrogens with zero attached hydrogens (tertiary/aromatic N) is 2. The van der Waals surface area contributed by atoms with Crippen LogP contribution >= 0.6 is 0 Å². The summed E-state index contributed by atoms with van der Waals surface area (Å²) < 4.78 is 6.16. The Hall–Kier alpha value is -2.40. The van der Waals surface area contributed by atoms with Crippen molar-refractivity contribution in [1.29, 1.82) is 0 Å².